The van der Waals surface area contributed by atoms with Crippen LogP contribution in [0.4, 0.5) is 5.69 Å². The molecule has 0 saturated heterocycles. The van der Waals surface area contributed by atoms with Crippen molar-refractivity contribution in [2.45, 2.75) is 12.5 Å². The van der Waals surface area contributed by atoms with Crippen LogP contribution in [0.1, 0.15) is 17.2 Å². The Kier molecular flexibility index (Phi) is 3.03. The number of nitrogens with zero attached hydrogens (tertiary/aromatic N) is 1. The van der Waals surface area contributed by atoms with Crippen molar-refractivity contribution < 1.29 is 5.11 Å². The SMILES string of the molecule is OCCN1c2ccccc2CC1c1ccccc1. The van der Waals surface area contributed by atoms with Gasteiger partial charge in [0.2, 0.25) is 0 Å². The monoisotopic (exact) mass is 239 g/mol. The third kappa shape index (κ3) is 1.89. The number of fused-ring (bicyclic) bond motifs is 1. The Morgan fingerprint density at radius 2 is 1.72 bits per heavy atom. The smallest absolute Gasteiger partial charge is 0.0606 e. The van der Waals surface area contributed by atoms with E-state index < -0.39 is 0 Å². The lowest BCUT2D eigenvalue weighted by Gasteiger charge is -2.27. The van der Waals surface area contributed by atoms with E-state index in [0.717, 1.165) is 6.42 Å². The van der Waals surface area contributed by atoms with Gasteiger partial charge >= 0.3 is 0 Å². The fraction of sp³-hybridized carbons (Fsp3) is 0.250. The maximum Gasteiger partial charge on any atom is 0.0606 e. The molecule has 2 aromatic rings. The summed E-state index contributed by atoms with van der Waals surface area (Å²) in [5, 5.41) is 9.28. The first kappa shape index (κ1) is 11.3. The molecule has 0 fully saturated rings. The van der Waals surface area contributed by atoms with Crippen LogP contribution in [0.15, 0.2) is 54.6 Å². The molecule has 0 spiro atoms. The number of benzene rings is 2. The molecule has 1 atom stereocenters. The second-order valence-corrected chi connectivity index (χ2v) is 4.68. The fourth-order valence-corrected chi connectivity index (χ4v) is 2.81. The molecular weight excluding hydrogens is 222 g/mol. The molecule has 1 heterocycles. The van der Waals surface area contributed by atoms with Gasteiger partial charge in [-0.3, -0.25) is 0 Å². The molecular formula is C16H17NO. The summed E-state index contributed by atoms with van der Waals surface area (Å²) >= 11 is 0. The summed E-state index contributed by atoms with van der Waals surface area (Å²) < 4.78 is 0. The van der Waals surface area contributed by atoms with E-state index in [2.05, 4.69) is 53.4 Å². The van der Waals surface area contributed by atoms with Crippen LogP contribution in [0.3, 0.4) is 0 Å². The highest BCUT2D eigenvalue weighted by Gasteiger charge is 2.29. The molecule has 92 valence electrons. The van der Waals surface area contributed by atoms with E-state index in [4.69, 9.17) is 0 Å². The van der Waals surface area contributed by atoms with E-state index in [-0.39, 0.29) is 6.61 Å². The maximum absolute atomic E-state index is 9.28. The van der Waals surface area contributed by atoms with Crippen molar-refractivity contribution in [3.8, 4) is 0 Å². The number of anilines is 1. The standard InChI is InChI=1S/C16H17NO/c18-11-10-17-15-9-5-4-8-14(15)12-16(17)13-6-2-1-3-7-13/h1-9,16,18H,10-12H2. The van der Waals surface area contributed by atoms with Crippen LogP contribution in [0, 0.1) is 0 Å². The molecule has 1 unspecified atom stereocenters. The largest absolute Gasteiger partial charge is 0.395 e. The molecule has 0 radical (unpaired) electrons. The van der Waals surface area contributed by atoms with Crippen LogP contribution in [0.2, 0.25) is 0 Å². The molecule has 2 aromatic carbocycles. The number of hydrogen-bond acceptors (Lipinski definition) is 2. The van der Waals surface area contributed by atoms with E-state index >= 15 is 0 Å². The highest BCUT2D eigenvalue weighted by atomic mass is 16.3. The fourth-order valence-electron chi connectivity index (χ4n) is 2.81. The zero-order valence-electron chi connectivity index (χ0n) is 10.3. The second-order valence-electron chi connectivity index (χ2n) is 4.68. The lowest BCUT2D eigenvalue weighted by atomic mass is 10.0. The molecule has 0 saturated carbocycles. The Morgan fingerprint density at radius 3 is 2.50 bits per heavy atom. The van der Waals surface area contributed by atoms with E-state index in [1.54, 1.807) is 0 Å². The summed E-state index contributed by atoms with van der Waals surface area (Å²) in [6.45, 7) is 0.883. The van der Waals surface area contributed by atoms with Gasteiger partial charge in [-0.25, -0.2) is 0 Å². The van der Waals surface area contributed by atoms with Gasteiger partial charge in [-0.2, -0.15) is 0 Å². The highest BCUT2D eigenvalue weighted by molar-refractivity contribution is 5.60. The van der Waals surface area contributed by atoms with Gasteiger partial charge in [0.25, 0.3) is 0 Å². The Morgan fingerprint density at radius 1 is 1.00 bits per heavy atom. The van der Waals surface area contributed by atoms with E-state index in [9.17, 15) is 5.11 Å². The number of β-amino-alcohol motifs (C(OH)–C–C–N with tert-alkyl or cyclic N) is 1. The molecule has 1 N–H and O–H groups in total. The summed E-state index contributed by atoms with van der Waals surface area (Å²) in [6, 6.07) is 19.4. The van der Waals surface area contributed by atoms with Gasteiger partial charge in [-0.1, -0.05) is 48.5 Å². The molecule has 0 amide bonds. The van der Waals surface area contributed by atoms with Crippen LogP contribution >= 0.6 is 0 Å². The van der Waals surface area contributed by atoms with Crippen LogP contribution < -0.4 is 4.90 Å². The van der Waals surface area contributed by atoms with Crippen molar-refractivity contribution >= 4 is 5.69 Å². The Balaban J connectivity index is 1.98. The third-order valence-electron chi connectivity index (χ3n) is 3.62. The summed E-state index contributed by atoms with van der Waals surface area (Å²) in [7, 11) is 0. The molecule has 0 bridgehead atoms. The minimum absolute atomic E-state index is 0.192. The Labute approximate surface area is 107 Å². The quantitative estimate of drug-likeness (QED) is 0.890. The molecule has 1 aliphatic rings. The average Bonchev–Trinajstić information content (AvgIpc) is 2.80. The van der Waals surface area contributed by atoms with Gasteiger partial charge in [0.15, 0.2) is 0 Å². The van der Waals surface area contributed by atoms with Crippen LogP contribution in [-0.4, -0.2) is 18.3 Å². The molecule has 0 aliphatic carbocycles. The average molecular weight is 239 g/mol. The summed E-state index contributed by atoms with van der Waals surface area (Å²) in [4.78, 5) is 2.31. The first-order valence-electron chi connectivity index (χ1n) is 6.40. The summed E-state index contributed by atoms with van der Waals surface area (Å²) in [5.41, 5.74) is 3.96. The van der Waals surface area contributed by atoms with Crippen LogP contribution in [-0.2, 0) is 6.42 Å². The van der Waals surface area contributed by atoms with Gasteiger partial charge in [-0.15, -0.1) is 0 Å². The van der Waals surface area contributed by atoms with Crippen molar-refractivity contribution in [1.82, 2.24) is 0 Å². The van der Waals surface area contributed by atoms with E-state index in [1.807, 2.05) is 6.07 Å². The van der Waals surface area contributed by atoms with Gasteiger partial charge in [0.1, 0.15) is 0 Å². The van der Waals surface area contributed by atoms with Gasteiger partial charge in [-0.05, 0) is 23.6 Å². The Bertz CT molecular complexity index is 524. The predicted molar refractivity (Wildman–Crippen MR) is 73.8 cm³/mol. The Hall–Kier alpha value is -1.80. The van der Waals surface area contributed by atoms with Crippen molar-refractivity contribution in [1.29, 1.82) is 0 Å². The summed E-state index contributed by atoms with van der Waals surface area (Å²) in [6.07, 6.45) is 1.03. The summed E-state index contributed by atoms with van der Waals surface area (Å²) in [5.74, 6) is 0. The second kappa shape index (κ2) is 4.83. The normalized spacial score (nSPS) is 17.8. The van der Waals surface area contributed by atoms with Crippen LogP contribution in [0.5, 0.6) is 0 Å². The van der Waals surface area contributed by atoms with Gasteiger partial charge < -0.3 is 10.0 Å². The zero-order chi connectivity index (χ0) is 12.4. The minimum atomic E-state index is 0.192. The number of aliphatic hydroxyl groups excluding tert-OH is 1. The van der Waals surface area contributed by atoms with E-state index in [0.29, 0.717) is 12.6 Å². The first-order chi connectivity index (χ1) is 8.90. The molecule has 18 heavy (non-hydrogen) atoms. The van der Waals surface area contributed by atoms with Gasteiger partial charge in [0.05, 0.1) is 12.6 Å². The molecule has 3 rings (SSSR count). The van der Waals surface area contributed by atoms with Crippen LogP contribution in [0.25, 0.3) is 0 Å². The van der Waals surface area contributed by atoms with Crippen molar-refractivity contribution in [2.24, 2.45) is 0 Å². The molecule has 2 heteroatoms. The zero-order valence-corrected chi connectivity index (χ0v) is 10.3. The van der Waals surface area contributed by atoms with Gasteiger partial charge in [0, 0.05) is 12.2 Å². The third-order valence-corrected chi connectivity index (χ3v) is 3.62. The topological polar surface area (TPSA) is 23.5 Å². The maximum atomic E-state index is 9.28. The molecule has 0 aromatic heterocycles. The van der Waals surface area contributed by atoms with Crippen molar-refractivity contribution in [2.75, 3.05) is 18.1 Å². The lowest BCUT2D eigenvalue weighted by Crippen LogP contribution is -2.28. The molecule has 1 aliphatic heterocycles. The van der Waals surface area contributed by atoms with E-state index in [1.165, 1.54) is 16.8 Å². The minimum Gasteiger partial charge on any atom is -0.395 e. The predicted octanol–water partition coefficient (Wildman–Crippen LogP) is 2.78. The molecule has 2 nitrogen and oxygen atoms in total. The highest BCUT2D eigenvalue weighted by Crippen LogP contribution is 2.39. The lowest BCUT2D eigenvalue weighted by molar-refractivity contribution is 0.299. The van der Waals surface area contributed by atoms with Crippen molar-refractivity contribution in [3.63, 3.8) is 0 Å². The first-order valence-corrected chi connectivity index (χ1v) is 6.40. The number of aliphatic hydroxyl groups is 1. The number of para-hydroxylation sites is 1. The number of rotatable bonds is 3. The number of hydrogen-bond donors (Lipinski definition) is 1. The van der Waals surface area contributed by atoms with Crippen molar-refractivity contribution in [3.05, 3.63) is 65.7 Å².